The van der Waals surface area contributed by atoms with E-state index in [9.17, 15) is 5.11 Å². The number of hydrogen-bond donors (Lipinski definition) is 1. The van der Waals surface area contributed by atoms with E-state index in [0.717, 1.165) is 19.3 Å². The second kappa shape index (κ2) is 6.22. The van der Waals surface area contributed by atoms with Crippen LogP contribution in [-0.2, 0) is 0 Å². The molecule has 0 aliphatic heterocycles. The zero-order chi connectivity index (χ0) is 14.0. The van der Waals surface area contributed by atoms with Crippen LogP contribution < -0.4 is 0 Å². The molecule has 0 saturated carbocycles. The molecule has 2 atom stereocenters. The Hall–Kier alpha value is 1.05. The molecule has 1 rings (SSSR count). The number of alkyl halides is 4. The highest BCUT2D eigenvalue weighted by molar-refractivity contribution is 9.09. The van der Waals surface area contributed by atoms with Crippen LogP contribution >= 0.6 is 50.7 Å². The minimum atomic E-state index is -1.23. The minimum absolute atomic E-state index is 0.109. The van der Waals surface area contributed by atoms with Gasteiger partial charge in [-0.2, -0.15) is 0 Å². The van der Waals surface area contributed by atoms with Crippen LogP contribution in [0.4, 0.5) is 0 Å². The largest absolute Gasteiger partial charge is 0.386 e. The molecule has 0 aromatic heterocycles. The minimum Gasteiger partial charge on any atom is -0.386 e. The van der Waals surface area contributed by atoms with Crippen molar-refractivity contribution < 1.29 is 5.11 Å². The first-order valence-corrected chi connectivity index (χ1v) is 8.20. The quantitative estimate of drug-likeness (QED) is 0.513. The van der Waals surface area contributed by atoms with Crippen molar-refractivity contribution in [1.29, 1.82) is 0 Å². The molecule has 0 bridgehead atoms. The fourth-order valence-corrected chi connectivity index (χ4v) is 3.89. The Bertz CT molecular complexity index is 312. The van der Waals surface area contributed by atoms with E-state index in [1.165, 1.54) is 0 Å². The van der Waals surface area contributed by atoms with Gasteiger partial charge in [-0.1, -0.05) is 76.7 Å². The molecule has 0 fully saturated rings. The molecule has 18 heavy (non-hydrogen) atoms. The van der Waals surface area contributed by atoms with Gasteiger partial charge in [0.05, 0.1) is 5.60 Å². The molecule has 0 aromatic carbocycles. The molecule has 1 nitrogen and oxygen atoms in total. The summed E-state index contributed by atoms with van der Waals surface area (Å²) < 4.78 is -1.23. The third-order valence-electron chi connectivity index (χ3n) is 3.39. The number of halogens is 4. The van der Waals surface area contributed by atoms with Gasteiger partial charge >= 0.3 is 0 Å². The lowest BCUT2D eigenvalue weighted by Crippen LogP contribution is -2.33. The average Bonchev–Trinajstić information content (AvgIpc) is 2.18. The second-order valence-electron chi connectivity index (χ2n) is 5.88. The van der Waals surface area contributed by atoms with Crippen molar-refractivity contribution in [2.75, 3.05) is 0 Å². The van der Waals surface area contributed by atoms with Gasteiger partial charge in [-0.15, -0.1) is 0 Å². The lowest BCUT2D eigenvalue weighted by Gasteiger charge is -2.35. The predicted octanol–water partition coefficient (Wildman–Crippen LogP) is 5.40. The zero-order valence-corrected chi connectivity index (χ0v) is 14.6. The summed E-state index contributed by atoms with van der Waals surface area (Å²) in [4.78, 5) is 0.109. The Balaban J connectivity index is 2.44. The summed E-state index contributed by atoms with van der Waals surface area (Å²) in [6.07, 6.45) is 7.76. The summed E-state index contributed by atoms with van der Waals surface area (Å²) >= 11 is 20.7. The highest BCUT2D eigenvalue weighted by Crippen LogP contribution is 2.39. The smallest absolute Gasteiger partial charge is 0.191 e. The molecule has 0 spiro atoms. The maximum absolute atomic E-state index is 10.4. The van der Waals surface area contributed by atoms with Crippen LogP contribution in [-0.4, -0.2) is 19.3 Å². The van der Waals surface area contributed by atoms with E-state index in [0.29, 0.717) is 12.8 Å². The van der Waals surface area contributed by atoms with E-state index in [1.807, 2.05) is 6.08 Å². The van der Waals surface area contributed by atoms with Gasteiger partial charge < -0.3 is 5.11 Å². The van der Waals surface area contributed by atoms with Gasteiger partial charge in [0.15, 0.2) is 3.79 Å². The van der Waals surface area contributed by atoms with Gasteiger partial charge in [-0.3, -0.25) is 0 Å². The third-order valence-corrected chi connectivity index (χ3v) is 4.63. The summed E-state index contributed by atoms with van der Waals surface area (Å²) in [5.41, 5.74) is -0.507. The van der Waals surface area contributed by atoms with Gasteiger partial charge in [-0.25, -0.2) is 0 Å². The number of rotatable bonds is 4. The number of hydrogen-bond acceptors (Lipinski definition) is 1. The molecular weight excluding hydrogens is 358 g/mol. The first kappa shape index (κ1) is 17.1. The van der Waals surface area contributed by atoms with Crippen LogP contribution in [0.3, 0.4) is 0 Å². The van der Waals surface area contributed by atoms with E-state index in [2.05, 4.69) is 35.9 Å². The first-order chi connectivity index (χ1) is 8.02. The summed E-state index contributed by atoms with van der Waals surface area (Å²) in [6, 6.07) is 0. The predicted molar refractivity (Wildman–Crippen MR) is 84.0 cm³/mol. The molecule has 0 aromatic rings. The Morgan fingerprint density at radius 1 is 1.28 bits per heavy atom. The Morgan fingerprint density at radius 3 is 2.33 bits per heavy atom. The fourth-order valence-electron chi connectivity index (χ4n) is 2.05. The van der Waals surface area contributed by atoms with Gasteiger partial charge in [-0.05, 0) is 31.1 Å². The van der Waals surface area contributed by atoms with Crippen LogP contribution in [0.5, 0.6) is 0 Å². The van der Waals surface area contributed by atoms with E-state index in [1.54, 1.807) is 0 Å². The standard InChI is InChI=1S/C13H20BrCl3O/c1-11(2)5-7-12(18,8-6-11)4-3-10(14)9-13(15,16)17/h5,7,10,18H,3-4,6,8-9H2,1-2H3. The lowest BCUT2D eigenvalue weighted by atomic mass is 9.75. The van der Waals surface area contributed by atoms with E-state index in [-0.39, 0.29) is 10.2 Å². The lowest BCUT2D eigenvalue weighted by molar-refractivity contribution is 0.0502. The maximum atomic E-state index is 10.4. The van der Waals surface area contributed by atoms with Crippen LogP contribution in [0.15, 0.2) is 12.2 Å². The highest BCUT2D eigenvalue weighted by Gasteiger charge is 2.33. The van der Waals surface area contributed by atoms with Gasteiger partial charge in [0, 0.05) is 11.2 Å². The molecular formula is C13H20BrCl3O. The van der Waals surface area contributed by atoms with Crippen LogP contribution in [0.2, 0.25) is 0 Å². The maximum Gasteiger partial charge on any atom is 0.191 e. The zero-order valence-electron chi connectivity index (χ0n) is 10.7. The van der Waals surface area contributed by atoms with Crippen molar-refractivity contribution in [3.8, 4) is 0 Å². The molecule has 0 saturated heterocycles. The van der Waals surface area contributed by atoms with Crippen LogP contribution in [0.1, 0.15) is 46.0 Å². The van der Waals surface area contributed by atoms with Crippen molar-refractivity contribution in [3.05, 3.63) is 12.2 Å². The third kappa shape index (κ3) is 6.47. The summed E-state index contributed by atoms with van der Waals surface area (Å²) in [5, 5.41) is 10.4. The van der Waals surface area contributed by atoms with Crippen molar-refractivity contribution in [2.45, 2.75) is 60.2 Å². The molecule has 1 aliphatic carbocycles. The molecule has 0 radical (unpaired) electrons. The van der Waals surface area contributed by atoms with Crippen molar-refractivity contribution in [1.82, 2.24) is 0 Å². The molecule has 106 valence electrons. The Kier molecular flexibility index (Phi) is 5.91. The summed E-state index contributed by atoms with van der Waals surface area (Å²) in [6.45, 7) is 4.36. The van der Waals surface area contributed by atoms with Gasteiger partial charge in [0.1, 0.15) is 0 Å². The van der Waals surface area contributed by atoms with Crippen LogP contribution in [0.25, 0.3) is 0 Å². The summed E-state index contributed by atoms with van der Waals surface area (Å²) in [7, 11) is 0. The van der Waals surface area contributed by atoms with E-state index < -0.39 is 9.39 Å². The summed E-state index contributed by atoms with van der Waals surface area (Å²) in [5.74, 6) is 0. The number of aliphatic hydroxyl groups is 1. The van der Waals surface area contributed by atoms with Gasteiger partial charge in [0.25, 0.3) is 0 Å². The average molecular weight is 379 g/mol. The topological polar surface area (TPSA) is 20.2 Å². The van der Waals surface area contributed by atoms with E-state index >= 15 is 0 Å². The normalized spacial score (nSPS) is 29.3. The SMILES string of the molecule is CC1(C)C=CC(O)(CCC(Br)CC(Cl)(Cl)Cl)CC1. The fraction of sp³-hybridized carbons (Fsp3) is 0.846. The first-order valence-electron chi connectivity index (χ1n) is 6.15. The molecule has 1 N–H and O–H groups in total. The van der Waals surface area contributed by atoms with E-state index in [4.69, 9.17) is 34.8 Å². The second-order valence-corrected chi connectivity index (χ2v) is 9.69. The van der Waals surface area contributed by atoms with Crippen molar-refractivity contribution >= 4 is 50.7 Å². The Morgan fingerprint density at radius 2 is 1.89 bits per heavy atom. The van der Waals surface area contributed by atoms with Crippen molar-refractivity contribution in [3.63, 3.8) is 0 Å². The molecule has 2 unspecified atom stereocenters. The van der Waals surface area contributed by atoms with Gasteiger partial charge in [0.2, 0.25) is 0 Å². The van der Waals surface area contributed by atoms with Crippen LogP contribution in [0, 0.1) is 5.41 Å². The molecule has 0 amide bonds. The molecule has 5 heteroatoms. The van der Waals surface area contributed by atoms with Crippen molar-refractivity contribution in [2.24, 2.45) is 5.41 Å². The Labute approximate surface area is 133 Å². The molecule has 1 aliphatic rings. The monoisotopic (exact) mass is 376 g/mol. The highest BCUT2D eigenvalue weighted by atomic mass is 79.9. The molecule has 0 heterocycles. The number of allylic oxidation sites excluding steroid dienone is 1.